The highest BCUT2D eigenvalue weighted by molar-refractivity contribution is 5.89. The van der Waals surface area contributed by atoms with Crippen molar-refractivity contribution in [1.82, 2.24) is 4.98 Å². The number of rotatable bonds is 5. The van der Waals surface area contributed by atoms with Gasteiger partial charge < -0.3 is 14.8 Å². The second kappa shape index (κ2) is 7.70. The summed E-state index contributed by atoms with van der Waals surface area (Å²) in [5.74, 6) is 1.84. The van der Waals surface area contributed by atoms with Crippen molar-refractivity contribution in [2.24, 2.45) is 0 Å². The normalized spacial score (nSPS) is 10.3. The van der Waals surface area contributed by atoms with Gasteiger partial charge in [0.05, 0.1) is 19.9 Å². The minimum Gasteiger partial charge on any atom is -0.497 e. The number of aromatic nitrogens is 1. The van der Waals surface area contributed by atoms with Crippen LogP contribution in [0.2, 0.25) is 0 Å². The number of carbonyl (C=O) groups excluding carboxylic acids is 1. The molecule has 0 unspecified atom stereocenters. The summed E-state index contributed by atoms with van der Waals surface area (Å²) >= 11 is 0. The Morgan fingerprint density at radius 2 is 1.46 bits per heavy atom. The molecule has 0 spiro atoms. The van der Waals surface area contributed by atoms with Crippen LogP contribution in [-0.4, -0.2) is 25.1 Å². The van der Waals surface area contributed by atoms with Crippen LogP contribution in [0, 0.1) is 0 Å². The summed E-state index contributed by atoms with van der Waals surface area (Å²) in [6.07, 6.45) is 0. The van der Waals surface area contributed by atoms with E-state index in [-0.39, 0.29) is 5.91 Å². The van der Waals surface area contributed by atoms with Gasteiger partial charge in [0.2, 0.25) is 5.91 Å². The van der Waals surface area contributed by atoms with Gasteiger partial charge >= 0.3 is 0 Å². The van der Waals surface area contributed by atoms with Crippen molar-refractivity contribution < 1.29 is 14.3 Å². The Morgan fingerprint density at radius 1 is 0.846 bits per heavy atom. The van der Waals surface area contributed by atoms with E-state index in [9.17, 15) is 4.79 Å². The molecule has 0 aliphatic heterocycles. The number of benzene rings is 2. The van der Waals surface area contributed by atoms with Gasteiger partial charge in [-0.3, -0.25) is 4.79 Å². The van der Waals surface area contributed by atoms with Crippen LogP contribution in [0.15, 0.2) is 60.7 Å². The van der Waals surface area contributed by atoms with Crippen LogP contribution in [0.25, 0.3) is 22.4 Å². The Balaban J connectivity index is 2.13. The second-order valence-corrected chi connectivity index (χ2v) is 5.77. The molecule has 0 fully saturated rings. The maximum atomic E-state index is 11.5. The summed E-state index contributed by atoms with van der Waals surface area (Å²) < 4.78 is 10.6. The van der Waals surface area contributed by atoms with Gasteiger partial charge in [0, 0.05) is 12.5 Å². The summed E-state index contributed by atoms with van der Waals surface area (Å²) in [4.78, 5) is 16.1. The van der Waals surface area contributed by atoms with E-state index in [1.165, 1.54) is 6.92 Å². The Bertz CT molecular complexity index is 872. The summed E-state index contributed by atoms with van der Waals surface area (Å²) in [6.45, 7) is 1.46. The van der Waals surface area contributed by atoms with E-state index < -0.39 is 0 Å². The lowest BCUT2D eigenvalue weighted by atomic mass is 10.0. The first-order chi connectivity index (χ1) is 12.6. The van der Waals surface area contributed by atoms with Gasteiger partial charge in [-0.25, -0.2) is 4.98 Å². The van der Waals surface area contributed by atoms with Crippen molar-refractivity contribution in [3.05, 3.63) is 60.7 Å². The smallest absolute Gasteiger partial charge is 0.222 e. The van der Waals surface area contributed by atoms with Crippen molar-refractivity contribution in [2.45, 2.75) is 6.92 Å². The van der Waals surface area contributed by atoms with Crippen molar-refractivity contribution >= 4 is 11.7 Å². The Morgan fingerprint density at radius 3 is 2.08 bits per heavy atom. The van der Waals surface area contributed by atoms with Crippen LogP contribution in [0.4, 0.5) is 5.82 Å². The largest absolute Gasteiger partial charge is 0.497 e. The molecule has 1 amide bonds. The van der Waals surface area contributed by atoms with Gasteiger partial charge in [0.25, 0.3) is 0 Å². The minimum absolute atomic E-state index is 0.170. The monoisotopic (exact) mass is 348 g/mol. The maximum Gasteiger partial charge on any atom is 0.222 e. The molecule has 3 rings (SSSR count). The summed E-state index contributed by atoms with van der Waals surface area (Å²) in [5, 5.41) is 2.77. The highest BCUT2D eigenvalue weighted by Crippen LogP contribution is 2.31. The molecule has 0 radical (unpaired) electrons. The quantitative estimate of drug-likeness (QED) is 0.743. The number of methoxy groups -OCH3 is 2. The minimum atomic E-state index is -0.170. The van der Waals surface area contributed by atoms with E-state index in [1.54, 1.807) is 14.2 Å². The number of ether oxygens (including phenoxy) is 2. The number of pyridine rings is 1. The molecule has 0 saturated heterocycles. The average Bonchev–Trinajstić information content (AvgIpc) is 2.67. The molecule has 1 N–H and O–H groups in total. The third kappa shape index (κ3) is 4.00. The van der Waals surface area contributed by atoms with E-state index >= 15 is 0 Å². The molecule has 2 aromatic carbocycles. The van der Waals surface area contributed by atoms with Crippen LogP contribution in [-0.2, 0) is 4.79 Å². The van der Waals surface area contributed by atoms with Gasteiger partial charge in [-0.1, -0.05) is 24.3 Å². The second-order valence-electron chi connectivity index (χ2n) is 5.77. The Kier molecular flexibility index (Phi) is 5.17. The number of nitrogens with one attached hydrogen (secondary N) is 1. The van der Waals surface area contributed by atoms with Crippen LogP contribution in [0.3, 0.4) is 0 Å². The maximum absolute atomic E-state index is 11.5. The first kappa shape index (κ1) is 17.5. The molecular formula is C21H20N2O3. The topological polar surface area (TPSA) is 60.5 Å². The lowest BCUT2D eigenvalue weighted by Gasteiger charge is -2.11. The van der Waals surface area contributed by atoms with Crippen LogP contribution >= 0.6 is 0 Å². The van der Waals surface area contributed by atoms with Gasteiger partial charge in [-0.15, -0.1) is 0 Å². The molecular weight excluding hydrogens is 328 g/mol. The molecule has 3 aromatic rings. The van der Waals surface area contributed by atoms with Crippen LogP contribution in [0.5, 0.6) is 11.5 Å². The molecule has 0 saturated carbocycles. The molecule has 5 nitrogen and oxygen atoms in total. The lowest BCUT2D eigenvalue weighted by molar-refractivity contribution is -0.114. The van der Waals surface area contributed by atoms with Crippen molar-refractivity contribution in [3.63, 3.8) is 0 Å². The lowest BCUT2D eigenvalue weighted by Crippen LogP contribution is -2.08. The third-order valence-electron chi connectivity index (χ3n) is 3.90. The van der Waals surface area contributed by atoms with Gasteiger partial charge in [0.15, 0.2) is 0 Å². The zero-order valence-corrected chi connectivity index (χ0v) is 14.9. The van der Waals surface area contributed by atoms with Crippen molar-refractivity contribution in [3.8, 4) is 33.9 Å². The van der Waals surface area contributed by atoms with E-state index in [0.717, 1.165) is 33.9 Å². The van der Waals surface area contributed by atoms with Gasteiger partial charge in [0.1, 0.15) is 17.3 Å². The standard InChI is InChI=1S/C21H20N2O3/c1-14(24)22-21-13-17(15-6-4-8-18(10-15)25-2)12-20(23-21)16-7-5-9-19(11-16)26-3/h4-13H,1-3H3,(H,22,23,24). The van der Waals surface area contributed by atoms with E-state index in [2.05, 4.69) is 10.3 Å². The molecule has 132 valence electrons. The van der Waals surface area contributed by atoms with Crippen molar-refractivity contribution in [2.75, 3.05) is 19.5 Å². The van der Waals surface area contributed by atoms with Gasteiger partial charge in [-0.2, -0.15) is 0 Å². The average molecular weight is 348 g/mol. The number of carbonyl (C=O) groups is 1. The fraction of sp³-hybridized carbons (Fsp3) is 0.143. The molecule has 1 aromatic heterocycles. The van der Waals surface area contributed by atoms with Crippen molar-refractivity contribution in [1.29, 1.82) is 0 Å². The predicted molar refractivity (Wildman–Crippen MR) is 103 cm³/mol. The fourth-order valence-electron chi connectivity index (χ4n) is 2.67. The zero-order chi connectivity index (χ0) is 18.5. The number of nitrogens with zero attached hydrogens (tertiary/aromatic N) is 1. The van der Waals surface area contributed by atoms with E-state index in [0.29, 0.717) is 5.82 Å². The number of amides is 1. The summed E-state index contributed by atoms with van der Waals surface area (Å²) in [5.41, 5.74) is 3.55. The van der Waals surface area contributed by atoms with Crippen LogP contribution in [0.1, 0.15) is 6.92 Å². The first-order valence-electron chi connectivity index (χ1n) is 8.17. The Labute approximate surface area is 152 Å². The molecule has 0 aliphatic rings. The molecule has 0 bridgehead atoms. The molecule has 0 aliphatic carbocycles. The molecule has 1 heterocycles. The molecule has 26 heavy (non-hydrogen) atoms. The predicted octanol–water partition coefficient (Wildman–Crippen LogP) is 4.39. The Hall–Kier alpha value is -3.34. The summed E-state index contributed by atoms with van der Waals surface area (Å²) in [6, 6.07) is 19.2. The van der Waals surface area contributed by atoms with Gasteiger partial charge in [-0.05, 0) is 47.5 Å². The number of hydrogen-bond acceptors (Lipinski definition) is 4. The highest BCUT2D eigenvalue weighted by atomic mass is 16.5. The van der Waals surface area contributed by atoms with E-state index in [1.807, 2.05) is 60.7 Å². The highest BCUT2D eigenvalue weighted by Gasteiger charge is 2.09. The zero-order valence-electron chi connectivity index (χ0n) is 14.9. The third-order valence-corrected chi connectivity index (χ3v) is 3.90. The fourth-order valence-corrected chi connectivity index (χ4v) is 2.67. The molecule has 5 heteroatoms. The van der Waals surface area contributed by atoms with Crippen LogP contribution < -0.4 is 14.8 Å². The number of hydrogen-bond donors (Lipinski definition) is 1. The number of anilines is 1. The van der Waals surface area contributed by atoms with E-state index in [4.69, 9.17) is 9.47 Å². The molecule has 0 atom stereocenters. The first-order valence-corrected chi connectivity index (χ1v) is 8.17. The SMILES string of the molecule is COc1cccc(-c2cc(NC(C)=O)nc(-c3cccc(OC)c3)c2)c1. The summed E-state index contributed by atoms with van der Waals surface area (Å²) in [7, 11) is 3.26.